The van der Waals surface area contributed by atoms with Gasteiger partial charge in [0, 0.05) is 5.75 Å². The summed E-state index contributed by atoms with van der Waals surface area (Å²) < 4.78 is 0. The van der Waals surface area contributed by atoms with Crippen LogP contribution in [-0.4, -0.2) is 18.8 Å². The van der Waals surface area contributed by atoms with Crippen molar-refractivity contribution in [2.75, 3.05) is 18.8 Å². The molecule has 0 aromatic rings. The second kappa shape index (κ2) is 11.3. The topological polar surface area (TPSA) is 12.0 Å². The lowest BCUT2D eigenvalue weighted by molar-refractivity contribution is 0.584. The van der Waals surface area contributed by atoms with E-state index in [9.17, 15) is 0 Å². The van der Waals surface area contributed by atoms with E-state index in [-0.39, 0.29) is 0 Å². The molecular weight excluding hydrogens is 166 g/mol. The molecule has 0 aliphatic carbocycles. The molecule has 0 saturated heterocycles. The van der Waals surface area contributed by atoms with Crippen molar-refractivity contribution in [1.29, 1.82) is 0 Å². The third-order valence-corrected chi connectivity index (χ3v) is 2.24. The quantitative estimate of drug-likeness (QED) is 0.548. The van der Waals surface area contributed by atoms with Crippen molar-refractivity contribution < 1.29 is 0 Å². The molecule has 0 heterocycles. The van der Waals surface area contributed by atoms with Gasteiger partial charge >= 0.3 is 0 Å². The molecule has 12 heavy (non-hydrogen) atoms. The highest BCUT2D eigenvalue weighted by atomic mass is 32.1. The normalized spacial score (nSPS) is 10.5. The van der Waals surface area contributed by atoms with Gasteiger partial charge in [0.15, 0.2) is 0 Å². The maximum atomic E-state index is 4.87. The summed E-state index contributed by atoms with van der Waals surface area (Å²) in [7, 11) is 0. The number of hydrogen-bond donors (Lipinski definition) is 1. The van der Waals surface area contributed by atoms with E-state index >= 15 is 0 Å². The SMILES string of the molecule is CCCCCNCCCCC[S]. The Kier molecular flexibility index (Phi) is 11.6. The minimum absolute atomic E-state index is 0.926. The van der Waals surface area contributed by atoms with Crippen LogP contribution >= 0.6 is 12.6 Å². The zero-order chi connectivity index (χ0) is 9.07. The molecule has 0 aromatic carbocycles. The third kappa shape index (κ3) is 10.3. The average molecular weight is 188 g/mol. The Morgan fingerprint density at radius 2 is 1.58 bits per heavy atom. The standard InChI is InChI=1S/C10H22NS/c1-2-3-5-8-11-9-6-4-7-10-12/h11H,2-10H2,1H3. The van der Waals surface area contributed by atoms with E-state index < -0.39 is 0 Å². The molecule has 1 radical (unpaired) electrons. The van der Waals surface area contributed by atoms with Crippen molar-refractivity contribution >= 4 is 12.6 Å². The van der Waals surface area contributed by atoms with Gasteiger partial charge < -0.3 is 5.32 Å². The van der Waals surface area contributed by atoms with Gasteiger partial charge in [0.1, 0.15) is 0 Å². The lowest BCUT2D eigenvalue weighted by Gasteiger charge is -2.02. The number of hydrogen-bond acceptors (Lipinski definition) is 1. The molecule has 0 spiro atoms. The summed E-state index contributed by atoms with van der Waals surface area (Å²) in [6, 6.07) is 0. The van der Waals surface area contributed by atoms with Crippen LogP contribution in [0.15, 0.2) is 0 Å². The molecule has 0 amide bonds. The fourth-order valence-electron chi connectivity index (χ4n) is 1.15. The predicted molar refractivity (Wildman–Crippen MR) is 58.7 cm³/mol. The van der Waals surface area contributed by atoms with Gasteiger partial charge in [-0.1, -0.05) is 38.8 Å². The minimum atomic E-state index is 0.926. The Morgan fingerprint density at radius 3 is 2.17 bits per heavy atom. The van der Waals surface area contributed by atoms with Crippen LogP contribution in [-0.2, 0) is 0 Å². The lowest BCUT2D eigenvalue weighted by Crippen LogP contribution is -2.16. The van der Waals surface area contributed by atoms with Gasteiger partial charge in [0.05, 0.1) is 0 Å². The van der Waals surface area contributed by atoms with Crippen LogP contribution in [0.3, 0.4) is 0 Å². The molecule has 0 rings (SSSR count). The number of unbranched alkanes of at least 4 members (excludes halogenated alkanes) is 4. The molecule has 1 N–H and O–H groups in total. The second-order valence-corrected chi connectivity index (χ2v) is 3.63. The van der Waals surface area contributed by atoms with Crippen LogP contribution in [0.5, 0.6) is 0 Å². The Balaban J connectivity index is 2.73. The van der Waals surface area contributed by atoms with Gasteiger partial charge in [0.25, 0.3) is 0 Å². The summed E-state index contributed by atoms with van der Waals surface area (Å²) in [4.78, 5) is 0. The van der Waals surface area contributed by atoms with E-state index in [1.54, 1.807) is 0 Å². The smallest absolute Gasteiger partial charge is 0.00369 e. The Bertz CT molecular complexity index is 66.2. The number of nitrogens with one attached hydrogen (secondary N) is 1. The van der Waals surface area contributed by atoms with E-state index in [1.165, 1.54) is 51.6 Å². The van der Waals surface area contributed by atoms with Gasteiger partial charge in [-0.25, -0.2) is 0 Å². The fraction of sp³-hybridized carbons (Fsp3) is 1.00. The van der Waals surface area contributed by atoms with Crippen molar-refractivity contribution in [2.45, 2.75) is 45.4 Å². The highest BCUT2D eigenvalue weighted by molar-refractivity contribution is 7.80. The maximum absolute atomic E-state index is 4.87. The highest BCUT2D eigenvalue weighted by Crippen LogP contribution is 1.96. The van der Waals surface area contributed by atoms with Crippen molar-refractivity contribution in [1.82, 2.24) is 5.32 Å². The van der Waals surface area contributed by atoms with E-state index in [1.807, 2.05) is 0 Å². The van der Waals surface area contributed by atoms with E-state index in [0.29, 0.717) is 0 Å². The van der Waals surface area contributed by atoms with Gasteiger partial charge in [-0.05, 0) is 32.4 Å². The minimum Gasteiger partial charge on any atom is -0.317 e. The first-order valence-corrected chi connectivity index (χ1v) is 5.78. The molecule has 0 unspecified atom stereocenters. The molecular formula is C10H22NS. The molecule has 2 heteroatoms. The van der Waals surface area contributed by atoms with Crippen molar-refractivity contribution in [3.8, 4) is 0 Å². The molecule has 0 aromatic heterocycles. The molecule has 0 atom stereocenters. The van der Waals surface area contributed by atoms with Crippen LogP contribution in [0.2, 0.25) is 0 Å². The van der Waals surface area contributed by atoms with Gasteiger partial charge in [-0.3, -0.25) is 0 Å². The number of rotatable bonds is 9. The van der Waals surface area contributed by atoms with Crippen LogP contribution < -0.4 is 5.32 Å². The fourth-order valence-corrected chi connectivity index (χ4v) is 1.36. The first kappa shape index (κ1) is 12.3. The lowest BCUT2D eigenvalue weighted by atomic mass is 10.2. The summed E-state index contributed by atoms with van der Waals surface area (Å²) in [5.74, 6) is 0.926. The predicted octanol–water partition coefficient (Wildman–Crippen LogP) is 3.13. The van der Waals surface area contributed by atoms with Crippen molar-refractivity contribution in [3.05, 3.63) is 0 Å². The van der Waals surface area contributed by atoms with Crippen LogP contribution in [0.25, 0.3) is 0 Å². The third-order valence-electron chi connectivity index (χ3n) is 1.95. The van der Waals surface area contributed by atoms with Crippen LogP contribution in [0.4, 0.5) is 0 Å². The van der Waals surface area contributed by atoms with Crippen molar-refractivity contribution in [3.63, 3.8) is 0 Å². The summed E-state index contributed by atoms with van der Waals surface area (Å²) in [5.41, 5.74) is 0. The largest absolute Gasteiger partial charge is 0.317 e. The zero-order valence-electron chi connectivity index (χ0n) is 8.27. The van der Waals surface area contributed by atoms with Crippen LogP contribution in [0, 0.1) is 0 Å². The van der Waals surface area contributed by atoms with E-state index in [0.717, 1.165) is 5.75 Å². The summed E-state index contributed by atoms with van der Waals surface area (Å²) >= 11 is 4.87. The van der Waals surface area contributed by atoms with Crippen LogP contribution in [0.1, 0.15) is 45.4 Å². The molecule has 0 fully saturated rings. The molecule has 0 saturated carbocycles. The molecule has 0 aliphatic heterocycles. The Morgan fingerprint density at radius 1 is 0.917 bits per heavy atom. The van der Waals surface area contributed by atoms with Gasteiger partial charge in [-0.15, -0.1) is 0 Å². The molecule has 1 nitrogen and oxygen atoms in total. The average Bonchev–Trinajstić information content (AvgIpc) is 2.10. The second-order valence-electron chi connectivity index (χ2n) is 3.22. The van der Waals surface area contributed by atoms with Crippen molar-refractivity contribution in [2.24, 2.45) is 0 Å². The first-order valence-electron chi connectivity index (χ1n) is 5.20. The zero-order valence-corrected chi connectivity index (χ0v) is 9.09. The first-order chi connectivity index (χ1) is 5.91. The molecule has 0 bridgehead atoms. The Labute approximate surface area is 82.7 Å². The maximum Gasteiger partial charge on any atom is 0.00369 e. The Hall–Kier alpha value is 0.310. The highest BCUT2D eigenvalue weighted by Gasteiger charge is 1.88. The monoisotopic (exact) mass is 188 g/mol. The summed E-state index contributed by atoms with van der Waals surface area (Å²) in [6.07, 6.45) is 7.81. The summed E-state index contributed by atoms with van der Waals surface area (Å²) in [6.45, 7) is 4.62. The van der Waals surface area contributed by atoms with Gasteiger partial charge in [-0.2, -0.15) is 0 Å². The summed E-state index contributed by atoms with van der Waals surface area (Å²) in [5, 5.41) is 3.45. The van der Waals surface area contributed by atoms with E-state index in [2.05, 4.69) is 12.2 Å². The van der Waals surface area contributed by atoms with Gasteiger partial charge in [0.2, 0.25) is 0 Å². The molecule has 0 aliphatic rings. The van der Waals surface area contributed by atoms with E-state index in [4.69, 9.17) is 12.6 Å². The molecule has 73 valence electrons.